The minimum Gasteiger partial charge on any atom is -0.465 e. The summed E-state index contributed by atoms with van der Waals surface area (Å²) in [5.41, 5.74) is 1.42. The summed E-state index contributed by atoms with van der Waals surface area (Å²) in [6.07, 6.45) is 5.07. The molecular formula is C18H20N4O3. The van der Waals surface area contributed by atoms with Gasteiger partial charge in [0.05, 0.1) is 12.8 Å². The van der Waals surface area contributed by atoms with Crippen molar-refractivity contribution in [2.75, 3.05) is 0 Å². The third-order valence-electron chi connectivity index (χ3n) is 4.51. The van der Waals surface area contributed by atoms with E-state index in [4.69, 9.17) is 4.42 Å². The molecule has 3 aromatic heterocycles. The fraction of sp³-hybridized carbons (Fsp3) is 0.389. The summed E-state index contributed by atoms with van der Waals surface area (Å²) in [5, 5.41) is 0. The molecule has 0 fully saturated rings. The molecule has 0 saturated heterocycles. The van der Waals surface area contributed by atoms with Crippen molar-refractivity contribution in [2.45, 2.75) is 46.3 Å². The highest BCUT2D eigenvalue weighted by Gasteiger charge is 2.25. The first-order chi connectivity index (χ1) is 12.2. The van der Waals surface area contributed by atoms with Crippen LogP contribution >= 0.6 is 0 Å². The van der Waals surface area contributed by atoms with E-state index < -0.39 is 0 Å². The van der Waals surface area contributed by atoms with Crippen LogP contribution in [0.15, 0.2) is 32.4 Å². The number of imidazole rings is 1. The molecule has 0 aromatic carbocycles. The van der Waals surface area contributed by atoms with Gasteiger partial charge in [-0.1, -0.05) is 13.8 Å². The van der Waals surface area contributed by atoms with Gasteiger partial charge in [-0.15, -0.1) is 0 Å². The molecule has 0 radical (unpaired) electrons. The van der Waals surface area contributed by atoms with Crippen LogP contribution in [0.5, 0.6) is 0 Å². The van der Waals surface area contributed by atoms with E-state index in [-0.39, 0.29) is 11.2 Å². The zero-order chi connectivity index (χ0) is 17.6. The first-order valence-corrected chi connectivity index (χ1v) is 8.64. The van der Waals surface area contributed by atoms with Gasteiger partial charge in [0.2, 0.25) is 0 Å². The van der Waals surface area contributed by atoms with E-state index in [2.05, 4.69) is 4.98 Å². The average molecular weight is 340 g/mol. The van der Waals surface area contributed by atoms with Crippen molar-refractivity contribution in [3.8, 4) is 0 Å². The van der Waals surface area contributed by atoms with E-state index in [1.165, 1.54) is 4.57 Å². The molecule has 1 aliphatic rings. The second-order valence-corrected chi connectivity index (χ2v) is 6.27. The fourth-order valence-electron chi connectivity index (χ4n) is 3.41. The fourth-order valence-corrected chi connectivity index (χ4v) is 3.41. The van der Waals surface area contributed by atoms with Gasteiger partial charge in [0.25, 0.3) is 5.56 Å². The van der Waals surface area contributed by atoms with Gasteiger partial charge in [-0.05, 0) is 31.1 Å². The molecule has 7 nitrogen and oxygen atoms in total. The Bertz CT molecular complexity index is 1080. The lowest BCUT2D eigenvalue weighted by molar-refractivity contribution is 0.548. The van der Waals surface area contributed by atoms with Crippen molar-refractivity contribution in [2.24, 2.45) is 0 Å². The van der Waals surface area contributed by atoms with Crippen LogP contribution < -0.4 is 11.2 Å². The summed E-state index contributed by atoms with van der Waals surface area (Å²) in [5.74, 6) is 1.46. The van der Waals surface area contributed by atoms with Crippen LogP contribution in [0, 0.1) is 0 Å². The largest absolute Gasteiger partial charge is 0.465 e. The maximum absolute atomic E-state index is 13.0. The number of rotatable bonds is 5. The Morgan fingerprint density at radius 2 is 1.92 bits per heavy atom. The maximum Gasteiger partial charge on any atom is 0.332 e. The second kappa shape index (κ2) is 5.91. The molecule has 3 aromatic rings. The van der Waals surface area contributed by atoms with Crippen LogP contribution in [0.3, 0.4) is 0 Å². The van der Waals surface area contributed by atoms with Crippen LogP contribution in [0.2, 0.25) is 0 Å². The van der Waals surface area contributed by atoms with Gasteiger partial charge in [-0.25, -0.2) is 9.78 Å². The SMILES string of the molecule is CCCn1c(=O)c2c(nc3n2CC(c2ccco2)=C3)n(CCC)c1=O. The van der Waals surface area contributed by atoms with Gasteiger partial charge in [0, 0.05) is 18.7 Å². The van der Waals surface area contributed by atoms with E-state index in [0.717, 1.165) is 24.2 Å². The van der Waals surface area contributed by atoms with Crippen molar-refractivity contribution in [1.82, 2.24) is 18.7 Å². The molecule has 25 heavy (non-hydrogen) atoms. The topological polar surface area (TPSA) is 75.0 Å². The molecule has 0 unspecified atom stereocenters. The van der Waals surface area contributed by atoms with Gasteiger partial charge < -0.3 is 8.98 Å². The quantitative estimate of drug-likeness (QED) is 0.714. The van der Waals surface area contributed by atoms with Crippen LogP contribution in [0.4, 0.5) is 0 Å². The Kier molecular flexibility index (Phi) is 3.71. The minimum atomic E-state index is -0.270. The molecular weight excluding hydrogens is 320 g/mol. The molecule has 0 N–H and O–H groups in total. The summed E-state index contributed by atoms with van der Waals surface area (Å²) in [4.78, 5) is 30.2. The molecule has 1 aliphatic heterocycles. The number of hydrogen-bond acceptors (Lipinski definition) is 4. The summed E-state index contributed by atoms with van der Waals surface area (Å²) in [6.45, 7) is 5.44. The second-order valence-electron chi connectivity index (χ2n) is 6.27. The van der Waals surface area contributed by atoms with Gasteiger partial charge in [-0.3, -0.25) is 13.9 Å². The zero-order valence-electron chi connectivity index (χ0n) is 14.4. The number of nitrogens with zero attached hydrogens (tertiary/aromatic N) is 4. The van der Waals surface area contributed by atoms with Crippen molar-refractivity contribution in [3.63, 3.8) is 0 Å². The number of allylic oxidation sites excluding steroid dienone is 1. The standard InChI is InChI=1S/C18H20N4O3/c1-3-7-20-16-15(17(23)21(8-4-2)18(20)24)22-11-12(10-14(22)19-16)13-6-5-9-25-13/h5-6,9-10H,3-4,7-8,11H2,1-2H3. The lowest BCUT2D eigenvalue weighted by Gasteiger charge is -2.11. The highest BCUT2D eigenvalue weighted by atomic mass is 16.3. The number of fused-ring (bicyclic) bond motifs is 3. The van der Waals surface area contributed by atoms with Crippen LogP contribution in [0.1, 0.15) is 38.3 Å². The van der Waals surface area contributed by atoms with Gasteiger partial charge in [0.15, 0.2) is 11.2 Å². The Hall–Kier alpha value is -2.83. The number of furan rings is 1. The first kappa shape index (κ1) is 15.7. The average Bonchev–Trinajstić information content (AvgIpc) is 3.29. The molecule has 4 rings (SSSR count). The van der Waals surface area contributed by atoms with Gasteiger partial charge in [-0.2, -0.15) is 0 Å². The predicted molar refractivity (Wildman–Crippen MR) is 95.4 cm³/mol. The van der Waals surface area contributed by atoms with Crippen LogP contribution in [0.25, 0.3) is 22.8 Å². The summed E-state index contributed by atoms with van der Waals surface area (Å²) < 4.78 is 10.3. The Morgan fingerprint density at radius 3 is 2.60 bits per heavy atom. The summed E-state index contributed by atoms with van der Waals surface area (Å²) >= 11 is 0. The van der Waals surface area contributed by atoms with E-state index >= 15 is 0 Å². The minimum absolute atomic E-state index is 0.262. The lowest BCUT2D eigenvalue weighted by Crippen LogP contribution is -2.40. The van der Waals surface area contributed by atoms with Crippen LogP contribution in [-0.4, -0.2) is 18.7 Å². The molecule has 130 valence electrons. The number of hydrogen-bond donors (Lipinski definition) is 0. The maximum atomic E-state index is 13.0. The molecule has 0 amide bonds. The van der Waals surface area contributed by atoms with E-state index in [1.807, 2.05) is 36.6 Å². The normalized spacial score (nSPS) is 13.4. The van der Waals surface area contributed by atoms with Crippen LogP contribution in [-0.2, 0) is 19.6 Å². The zero-order valence-corrected chi connectivity index (χ0v) is 14.4. The van der Waals surface area contributed by atoms with Gasteiger partial charge >= 0.3 is 5.69 Å². The third-order valence-corrected chi connectivity index (χ3v) is 4.51. The van der Waals surface area contributed by atoms with Crippen molar-refractivity contribution in [1.29, 1.82) is 0 Å². The molecule has 0 bridgehead atoms. The highest BCUT2D eigenvalue weighted by molar-refractivity contribution is 5.86. The molecule has 7 heteroatoms. The lowest BCUT2D eigenvalue weighted by atomic mass is 10.2. The third kappa shape index (κ3) is 2.30. The molecule has 0 atom stereocenters. The number of aryl methyl sites for hydroxylation is 1. The monoisotopic (exact) mass is 340 g/mol. The first-order valence-electron chi connectivity index (χ1n) is 8.64. The van der Waals surface area contributed by atoms with Crippen molar-refractivity contribution < 1.29 is 4.42 Å². The van der Waals surface area contributed by atoms with E-state index in [0.29, 0.717) is 36.6 Å². The smallest absolute Gasteiger partial charge is 0.332 e. The Balaban J connectivity index is 1.97. The molecule has 0 spiro atoms. The summed E-state index contributed by atoms with van der Waals surface area (Å²) in [6, 6.07) is 3.73. The predicted octanol–water partition coefficient (Wildman–Crippen LogP) is 2.33. The van der Waals surface area contributed by atoms with E-state index in [1.54, 1.807) is 10.8 Å². The molecule has 0 aliphatic carbocycles. The van der Waals surface area contributed by atoms with Gasteiger partial charge in [0.1, 0.15) is 11.6 Å². The summed E-state index contributed by atoms with van der Waals surface area (Å²) in [7, 11) is 0. The van der Waals surface area contributed by atoms with E-state index in [9.17, 15) is 9.59 Å². The highest BCUT2D eigenvalue weighted by Crippen LogP contribution is 2.29. The van der Waals surface area contributed by atoms with Crippen molar-refractivity contribution >= 4 is 22.8 Å². The molecule has 0 saturated carbocycles. The Labute approximate surface area is 143 Å². The van der Waals surface area contributed by atoms with Crippen molar-refractivity contribution in [3.05, 3.63) is 50.8 Å². The Morgan fingerprint density at radius 1 is 1.16 bits per heavy atom. The number of aromatic nitrogens is 4. The molecule has 4 heterocycles.